The zero-order valence-electron chi connectivity index (χ0n) is 11.8. The number of likely N-dealkylation sites (N-methyl/N-ethyl adjacent to an activating group) is 1. The fourth-order valence-electron chi connectivity index (χ4n) is 2.39. The molecule has 1 aromatic carbocycles. The lowest BCUT2D eigenvalue weighted by molar-refractivity contribution is 0.202. The quantitative estimate of drug-likeness (QED) is 0.785. The van der Waals surface area contributed by atoms with Crippen molar-refractivity contribution in [3.63, 3.8) is 0 Å². The number of hydrogen-bond donors (Lipinski definition) is 2. The number of aliphatic hydroxyl groups is 1. The summed E-state index contributed by atoms with van der Waals surface area (Å²) in [7, 11) is 2.17. The molecule has 4 heteroatoms. The molecule has 1 heterocycles. The van der Waals surface area contributed by atoms with Crippen molar-refractivity contribution in [1.82, 2.24) is 15.1 Å². The van der Waals surface area contributed by atoms with Gasteiger partial charge in [-0.25, -0.2) is 0 Å². The third-order valence-corrected chi connectivity index (χ3v) is 3.67. The molecular weight excluding hydrogens is 238 g/mol. The van der Waals surface area contributed by atoms with Crippen LogP contribution in [-0.2, 0) is 13.2 Å². The second-order valence-corrected chi connectivity index (χ2v) is 5.30. The van der Waals surface area contributed by atoms with E-state index in [1.165, 1.54) is 18.7 Å². The molecule has 1 aliphatic heterocycles. The molecule has 1 aromatic rings. The van der Waals surface area contributed by atoms with Gasteiger partial charge in [0.05, 0.1) is 6.61 Å². The van der Waals surface area contributed by atoms with Crippen molar-refractivity contribution in [3.05, 3.63) is 35.4 Å². The van der Waals surface area contributed by atoms with Gasteiger partial charge >= 0.3 is 0 Å². The maximum Gasteiger partial charge on any atom is 0.0681 e. The number of rotatable bonds is 6. The normalized spacial score (nSPS) is 17.0. The highest BCUT2D eigenvalue weighted by Crippen LogP contribution is 2.07. The predicted molar refractivity (Wildman–Crippen MR) is 78.0 cm³/mol. The summed E-state index contributed by atoms with van der Waals surface area (Å²) in [6.07, 6.45) is 0. The van der Waals surface area contributed by atoms with Crippen LogP contribution in [0.15, 0.2) is 24.3 Å². The monoisotopic (exact) mass is 263 g/mol. The predicted octanol–water partition coefficient (Wildman–Crippen LogP) is 0.516. The molecule has 0 radical (unpaired) electrons. The zero-order chi connectivity index (χ0) is 13.5. The van der Waals surface area contributed by atoms with Crippen LogP contribution in [0.3, 0.4) is 0 Å². The molecule has 0 unspecified atom stereocenters. The smallest absolute Gasteiger partial charge is 0.0681 e. The Morgan fingerprint density at radius 1 is 1.16 bits per heavy atom. The highest BCUT2D eigenvalue weighted by molar-refractivity contribution is 5.21. The van der Waals surface area contributed by atoms with Gasteiger partial charge < -0.3 is 15.3 Å². The van der Waals surface area contributed by atoms with Gasteiger partial charge in [0.15, 0.2) is 0 Å². The third kappa shape index (κ3) is 4.91. The second-order valence-electron chi connectivity index (χ2n) is 5.30. The average Bonchev–Trinajstić information content (AvgIpc) is 2.47. The molecular formula is C15H25N3O. The lowest BCUT2D eigenvalue weighted by atomic mass is 10.1. The molecule has 0 amide bonds. The van der Waals surface area contributed by atoms with Crippen molar-refractivity contribution in [2.75, 3.05) is 46.3 Å². The van der Waals surface area contributed by atoms with Gasteiger partial charge in [-0.1, -0.05) is 24.3 Å². The highest BCUT2D eigenvalue weighted by atomic mass is 16.3. The van der Waals surface area contributed by atoms with E-state index in [0.29, 0.717) is 0 Å². The Labute approximate surface area is 116 Å². The van der Waals surface area contributed by atoms with E-state index in [9.17, 15) is 0 Å². The fourth-order valence-corrected chi connectivity index (χ4v) is 2.39. The van der Waals surface area contributed by atoms with Gasteiger partial charge in [0.2, 0.25) is 0 Å². The van der Waals surface area contributed by atoms with Crippen LogP contribution in [0.5, 0.6) is 0 Å². The molecule has 19 heavy (non-hydrogen) atoms. The summed E-state index contributed by atoms with van der Waals surface area (Å²) < 4.78 is 0. The van der Waals surface area contributed by atoms with Gasteiger partial charge in [0, 0.05) is 45.8 Å². The minimum absolute atomic E-state index is 0.124. The van der Waals surface area contributed by atoms with Gasteiger partial charge in [0.25, 0.3) is 0 Å². The first-order chi connectivity index (χ1) is 9.28. The lowest BCUT2D eigenvalue weighted by Gasteiger charge is -2.29. The molecule has 0 bridgehead atoms. The molecule has 0 saturated carbocycles. The van der Waals surface area contributed by atoms with E-state index in [1.54, 1.807) is 0 Å². The van der Waals surface area contributed by atoms with Crippen molar-refractivity contribution >= 4 is 0 Å². The minimum Gasteiger partial charge on any atom is -0.392 e. The Balaban J connectivity index is 1.71. The number of nitrogens with one attached hydrogen (secondary N) is 1. The molecule has 2 rings (SSSR count). The van der Waals surface area contributed by atoms with Crippen LogP contribution in [0.4, 0.5) is 0 Å². The number of aliphatic hydroxyl groups excluding tert-OH is 1. The highest BCUT2D eigenvalue weighted by Gasteiger charge is 2.10. The van der Waals surface area contributed by atoms with Crippen LogP contribution in [0.1, 0.15) is 11.1 Å². The molecule has 0 aromatic heterocycles. The first-order valence-corrected chi connectivity index (χ1v) is 7.08. The first-order valence-electron chi connectivity index (χ1n) is 7.08. The maximum absolute atomic E-state index is 9.02. The summed E-state index contributed by atoms with van der Waals surface area (Å²) in [5, 5.41) is 12.4. The Hall–Kier alpha value is -0.940. The summed E-state index contributed by atoms with van der Waals surface area (Å²) in [6.45, 7) is 7.91. The fraction of sp³-hybridized carbons (Fsp3) is 0.600. The molecule has 0 spiro atoms. The van der Waals surface area contributed by atoms with Crippen LogP contribution in [0.2, 0.25) is 0 Å². The van der Waals surface area contributed by atoms with Crippen LogP contribution in [0.25, 0.3) is 0 Å². The summed E-state index contributed by atoms with van der Waals surface area (Å²) in [5.74, 6) is 0. The van der Waals surface area contributed by atoms with Crippen molar-refractivity contribution in [3.8, 4) is 0 Å². The summed E-state index contributed by atoms with van der Waals surface area (Å²) in [6, 6.07) is 8.21. The average molecular weight is 263 g/mol. The maximum atomic E-state index is 9.02. The Kier molecular flexibility index (Phi) is 5.79. The van der Waals surface area contributed by atoms with E-state index in [2.05, 4.69) is 34.3 Å². The van der Waals surface area contributed by atoms with Crippen LogP contribution < -0.4 is 5.32 Å². The standard InChI is InChI=1S/C15H25N3O/c1-17(10-11-18-8-6-16-7-9-18)12-14-2-4-15(13-19)5-3-14/h2-5,16,19H,6-13H2,1H3. The van der Waals surface area contributed by atoms with Crippen molar-refractivity contribution in [2.24, 2.45) is 0 Å². The Bertz CT molecular complexity index is 360. The molecule has 1 saturated heterocycles. The third-order valence-electron chi connectivity index (χ3n) is 3.67. The summed E-state index contributed by atoms with van der Waals surface area (Å²) in [4.78, 5) is 4.87. The first kappa shape index (κ1) is 14.5. The SMILES string of the molecule is CN(CCN1CCNCC1)Cc1ccc(CO)cc1. The topological polar surface area (TPSA) is 38.7 Å². The van der Waals surface area contributed by atoms with Gasteiger partial charge in [0.1, 0.15) is 0 Å². The molecule has 106 valence electrons. The molecule has 1 fully saturated rings. The van der Waals surface area contributed by atoms with Gasteiger partial charge in [-0.05, 0) is 18.2 Å². The Morgan fingerprint density at radius 2 is 1.79 bits per heavy atom. The molecule has 0 aliphatic carbocycles. The van der Waals surface area contributed by atoms with Gasteiger partial charge in [-0.15, -0.1) is 0 Å². The van der Waals surface area contributed by atoms with Crippen LogP contribution >= 0.6 is 0 Å². The van der Waals surface area contributed by atoms with Crippen molar-refractivity contribution < 1.29 is 5.11 Å². The molecule has 1 aliphatic rings. The largest absolute Gasteiger partial charge is 0.392 e. The lowest BCUT2D eigenvalue weighted by Crippen LogP contribution is -2.45. The van der Waals surface area contributed by atoms with E-state index in [4.69, 9.17) is 5.11 Å². The van der Waals surface area contributed by atoms with Gasteiger partial charge in [-0.2, -0.15) is 0 Å². The molecule has 0 atom stereocenters. The minimum atomic E-state index is 0.124. The van der Waals surface area contributed by atoms with E-state index in [0.717, 1.165) is 38.3 Å². The van der Waals surface area contributed by atoms with E-state index in [1.807, 2.05) is 12.1 Å². The Morgan fingerprint density at radius 3 is 2.42 bits per heavy atom. The van der Waals surface area contributed by atoms with E-state index in [-0.39, 0.29) is 6.61 Å². The number of hydrogen-bond acceptors (Lipinski definition) is 4. The number of piperazine rings is 1. The van der Waals surface area contributed by atoms with E-state index < -0.39 is 0 Å². The zero-order valence-corrected chi connectivity index (χ0v) is 11.8. The summed E-state index contributed by atoms with van der Waals surface area (Å²) in [5.41, 5.74) is 2.28. The second kappa shape index (κ2) is 7.60. The number of nitrogens with zero attached hydrogens (tertiary/aromatic N) is 2. The van der Waals surface area contributed by atoms with Gasteiger partial charge in [-0.3, -0.25) is 4.90 Å². The van der Waals surface area contributed by atoms with E-state index >= 15 is 0 Å². The number of benzene rings is 1. The van der Waals surface area contributed by atoms with Crippen molar-refractivity contribution in [2.45, 2.75) is 13.2 Å². The van der Waals surface area contributed by atoms with Crippen LogP contribution in [0, 0.1) is 0 Å². The molecule has 4 nitrogen and oxygen atoms in total. The molecule has 2 N–H and O–H groups in total. The summed E-state index contributed by atoms with van der Waals surface area (Å²) >= 11 is 0. The van der Waals surface area contributed by atoms with Crippen molar-refractivity contribution in [1.29, 1.82) is 0 Å². The van der Waals surface area contributed by atoms with Crippen LogP contribution in [-0.4, -0.2) is 61.2 Å².